The van der Waals surface area contributed by atoms with Crippen LogP contribution >= 0.6 is 0 Å². The summed E-state index contributed by atoms with van der Waals surface area (Å²) in [6.45, 7) is 7.47. The van der Waals surface area contributed by atoms with E-state index in [2.05, 4.69) is 13.8 Å². The van der Waals surface area contributed by atoms with Gasteiger partial charge in [-0.15, -0.1) is 0 Å². The van der Waals surface area contributed by atoms with E-state index in [0.717, 1.165) is 12.8 Å². The van der Waals surface area contributed by atoms with Gasteiger partial charge in [-0.2, -0.15) is 0 Å². The first-order chi connectivity index (χ1) is 6.55. The molecule has 0 N–H and O–H groups in total. The van der Waals surface area contributed by atoms with Crippen LogP contribution in [0.3, 0.4) is 0 Å². The number of carbonyl (C=O) groups is 1. The zero-order valence-corrected chi connectivity index (χ0v) is 9.64. The van der Waals surface area contributed by atoms with Crippen LogP contribution in [-0.4, -0.2) is 19.0 Å². The van der Waals surface area contributed by atoms with Crippen molar-refractivity contribution in [2.75, 3.05) is 13.2 Å². The van der Waals surface area contributed by atoms with Gasteiger partial charge in [-0.05, 0) is 38.0 Å². The zero-order valence-electron chi connectivity index (χ0n) is 9.64. The van der Waals surface area contributed by atoms with Gasteiger partial charge in [0, 0.05) is 12.5 Å². The number of hydrogen-bond donors (Lipinski definition) is 0. The van der Waals surface area contributed by atoms with Crippen molar-refractivity contribution < 1.29 is 9.53 Å². The van der Waals surface area contributed by atoms with Gasteiger partial charge in [0.1, 0.15) is 6.61 Å². The summed E-state index contributed by atoms with van der Waals surface area (Å²) in [5.74, 6) is 0.580. The molecule has 0 aromatic rings. The fourth-order valence-electron chi connectivity index (χ4n) is 2.04. The van der Waals surface area contributed by atoms with Crippen LogP contribution in [0.15, 0.2) is 0 Å². The van der Waals surface area contributed by atoms with Gasteiger partial charge in [-0.1, -0.05) is 13.8 Å². The van der Waals surface area contributed by atoms with Crippen LogP contribution in [0, 0.1) is 11.3 Å². The molecule has 0 bridgehead atoms. The molecule has 0 heterocycles. The molecule has 0 amide bonds. The number of rotatable bonds is 4. The summed E-state index contributed by atoms with van der Waals surface area (Å²) in [5, 5.41) is 0. The van der Waals surface area contributed by atoms with Crippen LogP contribution in [0.5, 0.6) is 0 Å². The Balaban J connectivity index is 2.30. The van der Waals surface area contributed by atoms with Crippen molar-refractivity contribution in [2.24, 2.45) is 11.3 Å². The van der Waals surface area contributed by atoms with E-state index in [0.29, 0.717) is 24.4 Å². The summed E-state index contributed by atoms with van der Waals surface area (Å²) in [5.41, 5.74) is 0.447. The molecule has 0 aromatic carbocycles. The summed E-state index contributed by atoms with van der Waals surface area (Å²) in [7, 11) is 0. The molecule has 0 unspecified atom stereocenters. The molecule has 2 nitrogen and oxygen atoms in total. The Morgan fingerprint density at radius 3 is 2.43 bits per heavy atom. The van der Waals surface area contributed by atoms with E-state index in [-0.39, 0.29) is 5.92 Å². The van der Waals surface area contributed by atoms with Gasteiger partial charge in [0.25, 0.3) is 0 Å². The van der Waals surface area contributed by atoms with Crippen LogP contribution in [0.4, 0.5) is 0 Å². The van der Waals surface area contributed by atoms with Crippen molar-refractivity contribution in [3.63, 3.8) is 0 Å². The maximum absolute atomic E-state index is 11.6. The predicted octanol–water partition coefficient (Wildman–Crippen LogP) is 2.81. The predicted molar refractivity (Wildman–Crippen MR) is 57.2 cm³/mol. The molecular formula is C12H22O2. The van der Waals surface area contributed by atoms with Crippen LogP contribution < -0.4 is 0 Å². The van der Waals surface area contributed by atoms with Gasteiger partial charge < -0.3 is 4.74 Å². The standard InChI is InChI=1S/C12H22O2/c1-4-14-9-11(13)10-5-7-12(2,3)8-6-10/h10H,4-9H2,1-3H3. The molecule has 0 aliphatic heterocycles. The Bertz CT molecular complexity index is 186. The molecule has 1 fully saturated rings. The minimum absolute atomic E-state index is 0.273. The molecule has 0 spiro atoms. The first-order valence-corrected chi connectivity index (χ1v) is 5.65. The summed E-state index contributed by atoms with van der Waals surface area (Å²) in [4.78, 5) is 11.6. The first kappa shape index (κ1) is 11.7. The van der Waals surface area contributed by atoms with E-state index < -0.39 is 0 Å². The molecule has 0 radical (unpaired) electrons. The van der Waals surface area contributed by atoms with Crippen LogP contribution in [0.1, 0.15) is 46.5 Å². The first-order valence-electron chi connectivity index (χ1n) is 5.65. The maximum Gasteiger partial charge on any atom is 0.161 e. The minimum atomic E-state index is 0.273. The van der Waals surface area contributed by atoms with Crippen molar-refractivity contribution in [1.29, 1.82) is 0 Å². The van der Waals surface area contributed by atoms with Gasteiger partial charge in [0.2, 0.25) is 0 Å². The number of Topliss-reactive ketones (excluding diaryl/α,β-unsaturated/α-hetero) is 1. The third kappa shape index (κ3) is 3.41. The lowest BCUT2D eigenvalue weighted by atomic mass is 9.72. The summed E-state index contributed by atoms with van der Waals surface area (Å²) in [6, 6.07) is 0. The molecule has 1 rings (SSSR count). The average molecular weight is 198 g/mol. The molecule has 1 saturated carbocycles. The molecule has 0 atom stereocenters. The van der Waals surface area contributed by atoms with Crippen molar-refractivity contribution in [3.8, 4) is 0 Å². The van der Waals surface area contributed by atoms with Crippen molar-refractivity contribution >= 4 is 5.78 Å². The Hall–Kier alpha value is -0.370. The van der Waals surface area contributed by atoms with Crippen molar-refractivity contribution in [1.82, 2.24) is 0 Å². The molecule has 82 valence electrons. The quantitative estimate of drug-likeness (QED) is 0.694. The summed E-state index contributed by atoms with van der Waals surface area (Å²) >= 11 is 0. The Morgan fingerprint density at radius 1 is 1.36 bits per heavy atom. The second-order valence-electron chi connectivity index (χ2n) is 5.04. The highest BCUT2D eigenvalue weighted by Crippen LogP contribution is 2.38. The molecular weight excluding hydrogens is 176 g/mol. The molecule has 2 heteroatoms. The highest BCUT2D eigenvalue weighted by atomic mass is 16.5. The molecule has 1 aliphatic rings. The third-order valence-electron chi connectivity index (χ3n) is 3.24. The molecule has 0 saturated heterocycles. The third-order valence-corrected chi connectivity index (χ3v) is 3.24. The topological polar surface area (TPSA) is 26.3 Å². The number of ketones is 1. The van der Waals surface area contributed by atoms with Crippen molar-refractivity contribution in [3.05, 3.63) is 0 Å². The van der Waals surface area contributed by atoms with E-state index in [9.17, 15) is 4.79 Å². The molecule has 14 heavy (non-hydrogen) atoms. The van der Waals surface area contributed by atoms with E-state index in [1.54, 1.807) is 0 Å². The lowest BCUT2D eigenvalue weighted by Gasteiger charge is -2.33. The van der Waals surface area contributed by atoms with Gasteiger partial charge >= 0.3 is 0 Å². The zero-order chi connectivity index (χ0) is 10.6. The second-order valence-corrected chi connectivity index (χ2v) is 5.04. The fraction of sp³-hybridized carbons (Fsp3) is 0.917. The number of ether oxygens (including phenoxy) is 1. The summed E-state index contributed by atoms with van der Waals surface area (Å²) in [6.07, 6.45) is 4.46. The summed E-state index contributed by atoms with van der Waals surface area (Å²) < 4.78 is 5.15. The van der Waals surface area contributed by atoms with Crippen LogP contribution in [0.25, 0.3) is 0 Å². The Morgan fingerprint density at radius 2 is 1.93 bits per heavy atom. The SMILES string of the molecule is CCOCC(=O)C1CCC(C)(C)CC1. The van der Waals surface area contributed by atoms with Gasteiger partial charge in [0.15, 0.2) is 5.78 Å². The smallest absolute Gasteiger partial charge is 0.161 e. The Labute approximate surface area is 87.0 Å². The van der Waals surface area contributed by atoms with E-state index >= 15 is 0 Å². The molecule has 1 aliphatic carbocycles. The number of carbonyl (C=O) groups excluding carboxylic acids is 1. The van der Waals surface area contributed by atoms with Gasteiger partial charge in [0.05, 0.1) is 0 Å². The van der Waals surface area contributed by atoms with Crippen LogP contribution in [-0.2, 0) is 9.53 Å². The lowest BCUT2D eigenvalue weighted by Crippen LogP contribution is -2.28. The largest absolute Gasteiger partial charge is 0.374 e. The average Bonchev–Trinajstić information content (AvgIpc) is 2.14. The Kier molecular flexibility index (Phi) is 4.11. The van der Waals surface area contributed by atoms with E-state index in [1.165, 1.54) is 12.8 Å². The normalized spacial score (nSPS) is 22.2. The second kappa shape index (κ2) is 4.92. The van der Waals surface area contributed by atoms with E-state index in [1.807, 2.05) is 6.92 Å². The van der Waals surface area contributed by atoms with E-state index in [4.69, 9.17) is 4.74 Å². The molecule has 0 aromatic heterocycles. The monoisotopic (exact) mass is 198 g/mol. The number of hydrogen-bond acceptors (Lipinski definition) is 2. The lowest BCUT2D eigenvalue weighted by molar-refractivity contribution is -0.128. The van der Waals surface area contributed by atoms with Crippen LogP contribution in [0.2, 0.25) is 0 Å². The fourth-order valence-corrected chi connectivity index (χ4v) is 2.04. The van der Waals surface area contributed by atoms with Gasteiger partial charge in [-0.3, -0.25) is 4.79 Å². The van der Waals surface area contributed by atoms with Crippen molar-refractivity contribution in [2.45, 2.75) is 46.5 Å². The van der Waals surface area contributed by atoms with Gasteiger partial charge in [-0.25, -0.2) is 0 Å². The maximum atomic E-state index is 11.6. The highest BCUT2D eigenvalue weighted by Gasteiger charge is 2.30. The minimum Gasteiger partial charge on any atom is -0.374 e. The highest BCUT2D eigenvalue weighted by molar-refractivity contribution is 5.82.